The molecule has 338 valence electrons. The van der Waals surface area contributed by atoms with Gasteiger partial charge in [0.15, 0.2) is 0 Å². The number of aromatic hydroxyl groups is 1. The van der Waals surface area contributed by atoms with Gasteiger partial charge in [-0.15, -0.1) is 0 Å². The fourth-order valence-corrected chi connectivity index (χ4v) is 10.7. The predicted octanol–water partition coefficient (Wildman–Crippen LogP) is 18.2. The van der Waals surface area contributed by atoms with Crippen LogP contribution in [0.25, 0.3) is 11.1 Å². The Balaban J connectivity index is 1.45. The largest absolute Gasteiger partial charge is 0.508 e. The molecule has 0 spiro atoms. The number of hydrogen-bond acceptors (Lipinski definition) is 2. The van der Waals surface area contributed by atoms with Gasteiger partial charge in [0.2, 0.25) is 0 Å². The Kier molecular flexibility index (Phi) is 14.6. The Morgan fingerprint density at radius 2 is 0.825 bits per heavy atom. The van der Waals surface area contributed by atoms with E-state index in [0.717, 1.165) is 17.1 Å². The van der Waals surface area contributed by atoms with Crippen molar-refractivity contribution in [3.05, 3.63) is 143 Å². The summed E-state index contributed by atoms with van der Waals surface area (Å²) in [4.78, 5) is 2.30. The molecular formula is C61H83NO. The Hall–Kier alpha value is -4.30. The van der Waals surface area contributed by atoms with E-state index in [1.165, 1.54) is 97.6 Å². The molecule has 2 unspecified atom stereocenters. The summed E-state index contributed by atoms with van der Waals surface area (Å²) >= 11 is 0. The van der Waals surface area contributed by atoms with E-state index < -0.39 is 0 Å². The van der Waals surface area contributed by atoms with Crippen LogP contribution in [0.3, 0.4) is 0 Å². The normalized spacial score (nSPS) is 16.4. The molecule has 63 heavy (non-hydrogen) atoms. The number of phenols is 1. The van der Waals surface area contributed by atoms with Crippen molar-refractivity contribution in [3.63, 3.8) is 0 Å². The van der Waals surface area contributed by atoms with E-state index in [-0.39, 0.29) is 32.8 Å². The molecule has 6 rings (SSSR count). The van der Waals surface area contributed by atoms with Gasteiger partial charge >= 0.3 is 0 Å². The van der Waals surface area contributed by atoms with Crippen LogP contribution in [0.15, 0.2) is 109 Å². The van der Waals surface area contributed by atoms with Crippen molar-refractivity contribution in [1.29, 1.82) is 0 Å². The van der Waals surface area contributed by atoms with Crippen molar-refractivity contribution in [2.75, 3.05) is 4.90 Å². The molecule has 0 saturated carbocycles. The van der Waals surface area contributed by atoms with Gasteiger partial charge in [0.05, 0.1) is 0 Å². The molecule has 1 N–H and O–H groups in total. The minimum Gasteiger partial charge on any atom is -0.508 e. The average Bonchev–Trinajstić information content (AvgIpc) is 3.51. The lowest BCUT2D eigenvalue weighted by Gasteiger charge is -2.44. The maximum absolute atomic E-state index is 10.2. The van der Waals surface area contributed by atoms with Crippen molar-refractivity contribution in [3.8, 4) is 16.9 Å². The molecule has 0 aliphatic heterocycles. The smallest absolute Gasteiger partial charge is 0.115 e. The molecule has 2 atom stereocenters. The maximum atomic E-state index is 10.2. The van der Waals surface area contributed by atoms with E-state index in [4.69, 9.17) is 0 Å². The molecule has 5 aromatic rings. The summed E-state index contributed by atoms with van der Waals surface area (Å²) < 4.78 is 0. The van der Waals surface area contributed by atoms with Gasteiger partial charge in [0, 0.05) is 22.5 Å². The van der Waals surface area contributed by atoms with Crippen LogP contribution < -0.4 is 4.90 Å². The zero-order chi connectivity index (χ0) is 46.0. The minimum absolute atomic E-state index is 0.0184. The van der Waals surface area contributed by atoms with E-state index in [9.17, 15) is 5.11 Å². The summed E-state index contributed by atoms with van der Waals surface area (Å²) in [7, 11) is 0. The number of nitrogens with zero attached hydrogens (tertiary/aromatic N) is 1. The van der Waals surface area contributed by atoms with Crippen LogP contribution in [0.5, 0.6) is 5.75 Å². The standard InChI is InChI=1S/C61H83NO/c1-15-19-21-43(17-3)41-61(42-44(18-4)22-20-16-2)55-39-47(58(8,9)10)27-37-53(55)54-38-28-48(40-56(54)61)60(13,14)59(11,12)46-25-31-50(32-26-46)62(51-33-35-52(63)36-34-51)49-29-23-45(24-30-49)57(5,6)7/h23-40,43-44,63H,15-22,41-42H2,1-14H3. The van der Waals surface area contributed by atoms with Gasteiger partial charge in [0.1, 0.15) is 5.75 Å². The number of anilines is 3. The van der Waals surface area contributed by atoms with Crippen LogP contribution >= 0.6 is 0 Å². The first-order chi connectivity index (χ1) is 29.7. The topological polar surface area (TPSA) is 23.5 Å². The summed E-state index contributed by atoms with van der Waals surface area (Å²) in [5.74, 6) is 1.65. The first-order valence-electron chi connectivity index (χ1n) is 24.8. The van der Waals surface area contributed by atoms with Crippen molar-refractivity contribution in [2.45, 2.75) is 188 Å². The van der Waals surface area contributed by atoms with E-state index >= 15 is 0 Å². The predicted molar refractivity (Wildman–Crippen MR) is 275 cm³/mol. The first kappa shape index (κ1) is 48.2. The third-order valence-electron chi connectivity index (χ3n) is 15.8. The number of hydrogen-bond donors (Lipinski definition) is 1. The Morgan fingerprint density at radius 1 is 0.460 bits per heavy atom. The molecule has 0 amide bonds. The zero-order valence-corrected chi connectivity index (χ0v) is 42.0. The molecule has 0 fully saturated rings. The van der Waals surface area contributed by atoms with Gasteiger partial charge in [-0.3, -0.25) is 0 Å². The van der Waals surface area contributed by atoms with Crippen LogP contribution in [0.2, 0.25) is 0 Å². The van der Waals surface area contributed by atoms with Gasteiger partial charge in [-0.2, -0.15) is 0 Å². The highest BCUT2D eigenvalue weighted by atomic mass is 16.3. The molecule has 0 heterocycles. The molecule has 2 heteroatoms. The van der Waals surface area contributed by atoms with Crippen LogP contribution in [0.1, 0.15) is 195 Å². The monoisotopic (exact) mass is 846 g/mol. The van der Waals surface area contributed by atoms with Gasteiger partial charge in [-0.25, -0.2) is 0 Å². The van der Waals surface area contributed by atoms with Gasteiger partial charge in [-0.1, -0.05) is 209 Å². The second-order valence-electron chi connectivity index (χ2n) is 22.5. The third kappa shape index (κ3) is 9.87. The summed E-state index contributed by atoms with van der Waals surface area (Å²) in [6.07, 6.45) is 12.7. The summed E-state index contributed by atoms with van der Waals surface area (Å²) in [6, 6.07) is 41.1. The quantitative estimate of drug-likeness (QED) is 0.0950. The summed E-state index contributed by atoms with van der Waals surface area (Å²) in [5.41, 5.74) is 14.6. The molecule has 0 saturated heterocycles. The van der Waals surface area contributed by atoms with Crippen LogP contribution in [0.4, 0.5) is 17.1 Å². The Labute approximate surface area is 385 Å². The molecule has 0 bridgehead atoms. The fraction of sp³-hybridized carbons (Fsp3) is 0.508. The molecular weight excluding hydrogens is 763 g/mol. The highest BCUT2D eigenvalue weighted by Gasteiger charge is 2.47. The molecule has 0 aromatic heterocycles. The number of unbranched alkanes of at least 4 members (excludes halogenated alkanes) is 2. The minimum atomic E-state index is -0.189. The lowest BCUT2D eigenvalue weighted by atomic mass is 9.59. The first-order valence-corrected chi connectivity index (χ1v) is 24.8. The summed E-state index contributed by atoms with van der Waals surface area (Å²) in [5, 5.41) is 10.2. The van der Waals surface area contributed by atoms with Gasteiger partial charge in [-0.05, 0) is 139 Å². The third-order valence-corrected chi connectivity index (χ3v) is 15.8. The molecule has 5 aromatic carbocycles. The average molecular weight is 846 g/mol. The van der Waals surface area contributed by atoms with Crippen molar-refractivity contribution < 1.29 is 5.11 Å². The maximum Gasteiger partial charge on any atom is 0.115 e. The van der Waals surface area contributed by atoms with Crippen molar-refractivity contribution >= 4 is 17.1 Å². The van der Waals surface area contributed by atoms with E-state index in [1.54, 1.807) is 23.3 Å². The van der Waals surface area contributed by atoms with Crippen LogP contribution in [0, 0.1) is 11.8 Å². The second-order valence-corrected chi connectivity index (χ2v) is 22.5. The number of rotatable bonds is 18. The van der Waals surface area contributed by atoms with Gasteiger partial charge in [0.25, 0.3) is 0 Å². The molecule has 2 nitrogen and oxygen atoms in total. The second kappa shape index (κ2) is 19.0. The van der Waals surface area contributed by atoms with Crippen LogP contribution in [-0.2, 0) is 27.1 Å². The Bertz CT molecular complexity index is 2240. The van der Waals surface area contributed by atoms with Gasteiger partial charge < -0.3 is 10.0 Å². The van der Waals surface area contributed by atoms with Crippen LogP contribution in [-0.4, -0.2) is 5.11 Å². The number of phenolic OH excluding ortho intramolecular Hbond substituents is 1. The lowest BCUT2D eigenvalue weighted by molar-refractivity contribution is 0.264. The van der Waals surface area contributed by atoms with Crippen molar-refractivity contribution in [2.24, 2.45) is 11.8 Å². The van der Waals surface area contributed by atoms with Crippen molar-refractivity contribution in [1.82, 2.24) is 0 Å². The summed E-state index contributed by atoms with van der Waals surface area (Å²) in [6.45, 7) is 33.4. The number of fused-ring (bicyclic) bond motifs is 3. The highest BCUT2D eigenvalue weighted by molar-refractivity contribution is 5.82. The van der Waals surface area contributed by atoms with E-state index in [2.05, 4.69) is 187 Å². The highest BCUT2D eigenvalue weighted by Crippen LogP contribution is 2.58. The Morgan fingerprint density at radius 3 is 1.24 bits per heavy atom. The molecule has 1 aliphatic carbocycles. The fourth-order valence-electron chi connectivity index (χ4n) is 10.7. The zero-order valence-electron chi connectivity index (χ0n) is 42.0. The number of benzene rings is 5. The van der Waals surface area contributed by atoms with E-state index in [0.29, 0.717) is 11.8 Å². The lowest BCUT2D eigenvalue weighted by Crippen LogP contribution is -2.40. The SMILES string of the molecule is CCCCC(CC)CC1(CC(CC)CCCC)c2cc(C(C)(C)C)ccc2-c2ccc(C(C)(C)C(C)(C)c3ccc(N(c4ccc(O)cc4)c4ccc(C(C)(C)C)cc4)cc3)cc21. The molecule has 1 aliphatic rings. The van der Waals surface area contributed by atoms with E-state index in [1.807, 2.05) is 12.1 Å². The molecule has 0 radical (unpaired) electrons.